The van der Waals surface area contributed by atoms with Gasteiger partial charge in [-0.15, -0.1) is 0 Å². The van der Waals surface area contributed by atoms with Gasteiger partial charge in [-0.1, -0.05) is 38.1 Å². The minimum Gasteiger partial charge on any atom is -0.424 e. The molecule has 2 N–H and O–H groups in total. The van der Waals surface area contributed by atoms with Gasteiger partial charge in [-0.25, -0.2) is 4.98 Å². The molecule has 0 saturated heterocycles. The van der Waals surface area contributed by atoms with E-state index in [4.69, 9.17) is 10.2 Å². The summed E-state index contributed by atoms with van der Waals surface area (Å²) in [5.74, 6) is 1.39. The number of aromatic nitrogens is 1. The first-order valence-corrected chi connectivity index (χ1v) is 5.46. The van der Waals surface area contributed by atoms with Crippen LogP contribution < -0.4 is 5.73 Å². The van der Waals surface area contributed by atoms with Gasteiger partial charge < -0.3 is 10.2 Å². The summed E-state index contributed by atoms with van der Waals surface area (Å²) in [5, 5.41) is 0. The maximum absolute atomic E-state index is 5.43. The number of nitrogens with zero attached hydrogens (tertiary/aromatic N) is 1. The lowest BCUT2D eigenvalue weighted by Gasteiger charge is -2.05. The maximum Gasteiger partial charge on any atom is 0.292 e. The summed E-state index contributed by atoms with van der Waals surface area (Å²) in [7, 11) is 0. The molecule has 1 aromatic carbocycles. The number of anilines is 1. The number of oxazole rings is 1. The van der Waals surface area contributed by atoms with Crippen LogP contribution in [0.4, 0.5) is 6.01 Å². The van der Waals surface area contributed by atoms with E-state index in [1.165, 1.54) is 5.56 Å². The molecule has 1 aromatic heterocycles. The van der Waals surface area contributed by atoms with Gasteiger partial charge in [0, 0.05) is 5.56 Å². The molecule has 1 heterocycles. The molecule has 84 valence electrons. The molecule has 0 fully saturated rings. The molecular formula is C13H16N2O. The van der Waals surface area contributed by atoms with E-state index in [0.717, 1.165) is 12.0 Å². The van der Waals surface area contributed by atoms with Crippen LogP contribution in [0.2, 0.25) is 0 Å². The number of benzene rings is 1. The van der Waals surface area contributed by atoms with E-state index in [9.17, 15) is 0 Å². The minimum absolute atomic E-state index is 0.209. The van der Waals surface area contributed by atoms with Gasteiger partial charge in [0.25, 0.3) is 6.01 Å². The molecule has 0 aliphatic heterocycles. The lowest BCUT2D eigenvalue weighted by molar-refractivity contribution is 0.595. The number of hydrogen-bond acceptors (Lipinski definition) is 3. The van der Waals surface area contributed by atoms with E-state index in [-0.39, 0.29) is 6.01 Å². The van der Waals surface area contributed by atoms with E-state index >= 15 is 0 Å². The van der Waals surface area contributed by atoms with Crippen LogP contribution in [0.5, 0.6) is 0 Å². The Morgan fingerprint density at radius 2 is 1.94 bits per heavy atom. The Labute approximate surface area is 95.3 Å². The van der Waals surface area contributed by atoms with Crippen molar-refractivity contribution in [1.29, 1.82) is 0 Å². The maximum atomic E-state index is 5.43. The van der Waals surface area contributed by atoms with Crippen LogP contribution in [0.1, 0.15) is 19.4 Å². The Hall–Kier alpha value is -1.77. The van der Waals surface area contributed by atoms with Crippen LogP contribution in [0.15, 0.2) is 34.9 Å². The Bertz CT molecular complexity index is 457. The molecular weight excluding hydrogens is 200 g/mol. The summed E-state index contributed by atoms with van der Waals surface area (Å²) < 4.78 is 5.26. The Kier molecular flexibility index (Phi) is 2.95. The highest BCUT2D eigenvalue weighted by Gasteiger charge is 2.04. The SMILES string of the molecule is CC(C)Cc1ccc(-c2cnc(N)o2)cc1. The van der Waals surface area contributed by atoms with E-state index in [2.05, 4.69) is 31.0 Å². The lowest BCUT2D eigenvalue weighted by atomic mass is 10.0. The molecule has 0 spiro atoms. The van der Waals surface area contributed by atoms with Crippen molar-refractivity contribution in [2.45, 2.75) is 20.3 Å². The Morgan fingerprint density at radius 3 is 2.44 bits per heavy atom. The van der Waals surface area contributed by atoms with Crippen molar-refractivity contribution in [3.8, 4) is 11.3 Å². The van der Waals surface area contributed by atoms with Crippen LogP contribution in [0.3, 0.4) is 0 Å². The highest BCUT2D eigenvalue weighted by molar-refractivity contribution is 5.57. The van der Waals surface area contributed by atoms with Crippen molar-refractivity contribution in [3.05, 3.63) is 36.0 Å². The van der Waals surface area contributed by atoms with Gasteiger partial charge in [-0.2, -0.15) is 0 Å². The fourth-order valence-electron chi connectivity index (χ4n) is 1.70. The summed E-state index contributed by atoms with van der Waals surface area (Å²) in [6.07, 6.45) is 2.74. The molecule has 0 atom stereocenters. The summed E-state index contributed by atoms with van der Waals surface area (Å²) in [6.45, 7) is 4.43. The Morgan fingerprint density at radius 1 is 1.25 bits per heavy atom. The zero-order valence-electron chi connectivity index (χ0n) is 9.60. The summed E-state index contributed by atoms with van der Waals surface area (Å²) in [5.41, 5.74) is 7.78. The van der Waals surface area contributed by atoms with Gasteiger partial charge in [-0.3, -0.25) is 0 Å². The van der Waals surface area contributed by atoms with Crippen molar-refractivity contribution in [2.24, 2.45) is 5.92 Å². The van der Waals surface area contributed by atoms with Crippen molar-refractivity contribution in [1.82, 2.24) is 4.98 Å². The van der Waals surface area contributed by atoms with E-state index in [0.29, 0.717) is 11.7 Å². The molecule has 3 nitrogen and oxygen atoms in total. The van der Waals surface area contributed by atoms with Gasteiger partial charge in [-0.05, 0) is 17.9 Å². The van der Waals surface area contributed by atoms with Gasteiger partial charge in [0.2, 0.25) is 0 Å². The molecule has 3 heteroatoms. The first-order chi connectivity index (χ1) is 7.65. The van der Waals surface area contributed by atoms with Crippen LogP contribution in [-0.2, 0) is 6.42 Å². The molecule has 2 rings (SSSR count). The third kappa shape index (κ3) is 2.42. The molecule has 0 aliphatic rings. The molecule has 16 heavy (non-hydrogen) atoms. The first kappa shape index (κ1) is 10.7. The highest BCUT2D eigenvalue weighted by Crippen LogP contribution is 2.22. The number of nitrogens with two attached hydrogens (primary N) is 1. The molecule has 2 aromatic rings. The average Bonchev–Trinajstić information content (AvgIpc) is 2.65. The first-order valence-electron chi connectivity index (χ1n) is 5.46. The molecule has 0 unspecified atom stereocenters. The topological polar surface area (TPSA) is 52.0 Å². The van der Waals surface area contributed by atoms with E-state index in [1.54, 1.807) is 6.20 Å². The van der Waals surface area contributed by atoms with Crippen molar-refractivity contribution >= 4 is 6.01 Å². The second-order valence-electron chi connectivity index (χ2n) is 4.36. The van der Waals surface area contributed by atoms with Crippen LogP contribution in [-0.4, -0.2) is 4.98 Å². The predicted molar refractivity (Wildman–Crippen MR) is 64.9 cm³/mol. The highest BCUT2D eigenvalue weighted by atomic mass is 16.4. The van der Waals surface area contributed by atoms with E-state index in [1.807, 2.05) is 12.1 Å². The number of hydrogen-bond donors (Lipinski definition) is 1. The zero-order valence-corrected chi connectivity index (χ0v) is 9.60. The molecule has 0 radical (unpaired) electrons. The predicted octanol–water partition coefficient (Wildman–Crippen LogP) is 3.12. The lowest BCUT2D eigenvalue weighted by Crippen LogP contribution is -1.93. The smallest absolute Gasteiger partial charge is 0.292 e. The largest absolute Gasteiger partial charge is 0.424 e. The summed E-state index contributed by atoms with van der Waals surface area (Å²) >= 11 is 0. The fourth-order valence-corrected chi connectivity index (χ4v) is 1.70. The normalized spacial score (nSPS) is 10.9. The Balaban J connectivity index is 2.19. The molecule has 0 bridgehead atoms. The van der Waals surface area contributed by atoms with Gasteiger partial charge >= 0.3 is 0 Å². The van der Waals surface area contributed by atoms with Crippen molar-refractivity contribution < 1.29 is 4.42 Å². The number of nitrogen functional groups attached to an aromatic ring is 1. The average molecular weight is 216 g/mol. The van der Waals surface area contributed by atoms with Gasteiger partial charge in [0.1, 0.15) is 0 Å². The van der Waals surface area contributed by atoms with Crippen molar-refractivity contribution in [2.75, 3.05) is 5.73 Å². The zero-order chi connectivity index (χ0) is 11.5. The third-order valence-electron chi connectivity index (χ3n) is 2.41. The molecule has 0 saturated carbocycles. The van der Waals surface area contributed by atoms with Crippen LogP contribution in [0, 0.1) is 5.92 Å². The second kappa shape index (κ2) is 4.39. The standard InChI is InChI=1S/C13H16N2O/c1-9(2)7-10-3-5-11(6-4-10)12-8-15-13(14)16-12/h3-6,8-9H,7H2,1-2H3,(H2,14,15). The van der Waals surface area contributed by atoms with E-state index < -0.39 is 0 Å². The summed E-state index contributed by atoms with van der Waals surface area (Å²) in [6, 6.07) is 8.53. The third-order valence-corrected chi connectivity index (χ3v) is 2.41. The number of rotatable bonds is 3. The van der Waals surface area contributed by atoms with Gasteiger partial charge in [0.15, 0.2) is 5.76 Å². The summed E-state index contributed by atoms with van der Waals surface area (Å²) in [4.78, 5) is 3.87. The monoisotopic (exact) mass is 216 g/mol. The van der Waals surface area contributed by atoms with Crippen molar-refractivity contribution in [3.63, 3.8) is 0 Å². The molecule has 0 amide bonds. The minimum atomic E-state index is 0.209. The second-order valence-corrected chi connectivity index (χ2v) is 4.36. The van der Waals surface area contributed by atoms with Crippen LogP contribution in [0.25, 0.3) is 11.3 Å². The van der Waals surface area contributed by atoms with Gasteiger partial charge in [0.05, 0.1) is 6.20 Å². The fraction of sp³-hybridized carbons (Fsp3) is 0.308. The quantitative estimate of drug-likeness (QED) is 0.857. The molecule has 0 aliphatic carbocycles. The van der Waals surface area contributed by atoms with Crippen LogP contribution >= 0.6 is 0 Å².